The number of nitrogens with zero attached hydrogens (tertiary/aromatic N) is 7. The molecule has 0 radical (unpaired) electrons. The van der Waals surface area contributed by atoms with Gasteiger partial charge in [0.1, 0.15) is 22.1 Å². The van der Waals surface area contributed by atoms with Crippen LogP contribution in [0.3, 0.4) is 0 Å². The molecule has 15 nitrogen and oxygen atoms in total. The quantitative estimate of drug-likeness (QED) is 0.213. The number of benzene rings is 2. The number of hydrogen-bond acceptors (Lipinski definition) is 10. The van der Waals surface area contributed by atoms with Crippen molar-refractivity contribution in [2.45, 2.75) is 51.2 Å². The van der Waals surface area contributed by atoms with E-state index in [0.717, 1.165) is 22.5 Å². The van der Waals surface area contributed by atoms with E-state index >= 15 is 0 Å². The summed E-state index contributed by atoms with van der Waals surface area (Å²) in [5.41, 5.74) is 5.04. The summed E-state index contributed by atoms with van der Waals surface area (Å²) in [4.78, 5) is 69.1. The molecule has 290 valence electrons. The number of rotatable bonds is 8. The van der Waals surface area contributed by atoms with Crippen molar-refractivity contribution in [3.63, 3.8) is 0 Å². The first-order valence-corrected chi connectivity index (χ1v) is 19.1. The van der Waals surface area contributed by atoms with Crippen LogP contribution in [0, 0.1) is 6.92 Å². The second-order valence-electron chi connectivity index (χ2n) is 14.6. The van der Waals surface area contributed by atoms with Crippen LogP contribution in [0.2, 0.25) is 5.02 Å². The molecule has 0 saturated carbocycles. The summed E-state index contributed by atoms with van der Waals surface area (Å²) in [6, 6.07) is 14.7. The first-order chi connectivity index (χ1) is 27.0. The van der Waals surface area contributed by atoms with E-state index in [1.165, 1.54) is 6.20 Å². The Morgan fingerprint density at radius 2 is 1.82 bits per heavy atom. The van der Waals surface area contributed by atoms with E-state index in [4.69, 9.17) is 21.1 Å². The van der Waals surface area contributed by atoms with Gasteiger partial charge in [-0.05, 0) is 62.2 Å². The van der Waals surface area contributed by atoms with E-state index in [9.17, 15) is 19.2 Å². The molecule has 2 aromatic carbocycles. The van der Waals surface area contributed by atoms with Gasteiger partial charge >= 0.3 is 0 Å². The van der Waals surface area contributed by atoms with E-state index in [1.54, 1.807) is 33.8 Å². The normalized spacial score (nSPS) is 20.4. The standard InChI is InChI=1S/C40H42ClN9O6/c1-23-20-48(27-8-4-25(5-9-27)30-12-13-33(51)43-39(30)53)14-15-50(23)34(52)18-29-21-49(16-17-55-29)40(54)26-6-10-28(11-7-26)56-36-32(41)19-42-38-35(36)44-37(45-38)31-22-47(3)46-24(31)2/h4-11,19,22-23,29-30H,12-18,20-21H2,1-3H3,(H,42,44,45)(H,43,51,53)/t23-,29?,30+/m1/s1. The summed E-state index contributed by atoms with van der Waals surface area (Å²) in [7, 11) is 1.85. The van der Waals surface area contributed by atoms with Crippen LogP contribution in [0.15, 0.2) is 60.9 Å². The van der Waals surface area contributed by atoms with Crippen LogP contribution in [0.4, 0.5) is 5.69 Å². The summed E-state index contributed by atoms with van der Waals surface area (Å²) < 4.78 is 13.9. The van der Waals surface area contributed by atoms with E-state index in [1.807, 2.05) is 56.3 Å². The van der Waals surface area contributed by atoms with Crippen LogP contribution in [-0.4, -0.2) is 110 Å². The number of fused-ring (bicyclic) bond motifs is 1. The van der Waals surface area contributed by atoms with E-state index in [2.05, 4.69) is 30.3 Å². The number of hydrogen-bond donors (Lipinski definition) is 2. The number of piperazine rings is 1. The van der Waals surface area contributed by atoms with Gasteiger partial charge in [0.25, 0.3) is 5.91 Å². The van der Waals surface area contributed by atoms with Gasteiger partial charge in [0, 0.05) is 69.7 Å². The van der Waals surface area contributed by atoms with E-state index < -0.39 is 6.10 Å². The second-order valence-corrected chi connectivity index (χ2v) is 15.0. The first-order valence-electron chi connectivity index (χ1n) is 18.7. The van der Waals surface area contributed by atoms with Crippen molar-refractivity contribution in [1.82, 2.24) is 39.8 Å². The smallest absolute Gasteiger partial charge is 0.254 e. The first kappa shape index (κ1) is 37.1. The predicted molar refractivity (Wildman–Crippen MR) is 208 cm³/mol. The minimum atomic E-state index is -0.418. The van der Waals surface area contributed by atoms with Crippen molar-refractivity contribution in [2.75, 3.05) is 44.2 Å². The fourth-order valence-electron chi connectivity index (χ4n) is 7.77. The molecule has 8 rings (SSSR count). The van der Waals surface area contributed by atoms with Gasteiger partial charge < -0.3 is 29.2 Å². The predicted octanol–water partition coefficient (Wildman–Crippen LogP) is 4.60. The lowest BCUT2D eigenvalue weighted by atomic mass is 9.90. The molecule has 0 aliphatic carbocycles. The molecule has 3 saturated heterocycles. The number of nitrogens with one attached hydrogen (secondary N) is 2. The maximum Gasteiger partial charge on any atom is 0.254 e. The molecule has 3 aliphatic rings. The number of imidazole rings is 1. The Labute approximate surface area is 327 Å². The Hall–Kier alpha value is -5.80. The van der Waals surface area contributed by atoms with Crippen LogP contribution >= 0.6 is 11.6 Å². The Bertz CT molecular complexity index is 2310. The number of aryl methyl sites for hydroxylation is 2. The SMILES string of the molecule is Cc1nn(C)cc1-c1nc2ncc(Cl)c(Oc3ccc(C(=O)N4CCOC(CC(=O)N5CCN(c6ccc([C@@H]7CCC(=O)NC7=O)cc6)C[C@H]5C)C4)cc3)c2[nH]1. The fourth-order valence-corrected chi connectivity index (χ4v) is 7.95. The zero-order valence-electron chi connectivity index (χ0n) is 31.3. The molecule has 3 atom stereocenters. The lowest BCUT2D eigenvalue weighted by molar-refractivity contribution is -0.138. The van der Waals surface area contributed by atoms with E-state index in [-0.39, 0.29) is 42.0 Å². The highest BCUT2D eigenvalue weighted by Gasteiger charge is 2.33. The number of carbonyl (C=O) groups is 4. The average molecular weight is 780 g/mol. The highest BCUT2D eigenvalue weighted by atomic mass is 35.5. The zero-order chi connectivity index (χ0) is 39.1. The summed E-state index contributed by atoms with van der Waals surface area (Å²) in [5.74, 6) is 0.488. The number of morpholine rings is 1. The van der Waals surface area contributed by atoms with Crippen molar-refractivity contribution in [3.8, 4) is 22.9 Å². The van der Waals surface area contributed by atoms with Crippen molar-refractivity contribution < 1.29 is 28.7 Å². The molecule has 2 N–H and O–H groups in total. The number of pyridine rings is 1. The topological polar surface area (TPSA) is 168 Å². The number of aromatic amines is 1. The van der Waals surface area contributed by atoms with Gasteiger partial charge in [0.05, 0.1) is 42.5 Å². The van der Waals surface area contributed by atoms with Crippen molar-refractivity contribution in [1.29, 1.82) is 0 Å². The van der Waals surface area contributed by atoms with Crippen LogP contribution < -0.4 is 15.0 Å². The minimum absolute atomic E-state index is 0.00463. The second kappa shape index (κ2) is 15.4. The number of anilines is 1. The largest absolute Gasteiger partial charge is 0.453 e. The monoisotopic (exact) mass is 779 g/mol. The van der Waals surface area contributed by atoms with Gasteiger partial charge in [-0.3, -0.25) is 29.2 Å². The molecular weight excluding hydrogens is 738 g/mol. The molecular formula is C40H42ClN9O6. The number of aromatic nitrogens is 5. The molecule has 5 aromatic rings. The third kappa shape index (κ3) is 7.56. The number of carbonyl (C=O) groups excluding carboxylic acids is 4. The number of H-pyrrole nitrogens is 1. The average Bonchev–Trinajstić information content (AvgIpc) is 3.78. The van der Waals surface area contributed by atoms with Crippen LogP contribution in [0.5, 0.6) is 11.5 Å². The number of imide groups is 1. The van der Waals surface area contributed by atoms with Gasteiger partial charge in [-0.2, -0.15) is 5.10 Å². The third-order valence-corrected chi connectivity index (χ3v) is 11.0. The van der Waals surface area contributed by atoms with Crippen molar-refractivity contribution >= 4 is 52.1 Å². The lowest BCUT2D eigenvalue weighted by Gasteiger charge is -2.42. The summed E-state index contributed by atoms with van der Waals surface area (Å²) >= 11 is 6.53. The zero-order valence-corrected chi connectivity index (χ0v) is 32.1. The minimum Gasteiger partial charge on any atom is -0.453 e. The molecule has 4 amide bonds. The molecule has 3 aromatic heterocycles. The fraction of sp³-hybridized carbons (Fsp3) is 0.375. The molecule has 1 unspecified atom stereocenters. The van der Waals surface area contributed by atoms with Gasteiger partial charge in [0.2, 0.25) is 17.7 Å². The Balaban J connectivity index is 0.853. The van der Waals surface area contributed by atoms with Gasteiger partial charge in [-0.15, -0.1) is 0 Å². The molecule has 6 heterocycles. The summed E-state index contributed by atoms with van der Waals surface area (Å²) in [6.07, 6.45) is 3.98. The van der Waals surface area contributed by atoms with E-state index in [0.29, 0.717) is 91.2 Å². The maximum atomic E-state index is 13.6. The molecule has 3 fully saturated rings. The van der Waals surface area contributed by atoms with Gasteiger partial charge in [0.15, 0.2) is 11.4 Å². The number of halogens is 1. The molecule has 3 aliphatic heterocycles. The number of amides is 4. The van der Waals surface area contributed by atoms with Crippen LogP contribution in [0.1, 0.15) is 53.7 Å². The Morgan fingerprint density at radius 1 is 1.04 bits per heavy atom. The molecule has 0 spiro atoms. The number of piperidine rings is 1. The Kier molecular flexibility index (Phi) is 10.2. The highest BCUT2D eigenvalue weighted by molar-refractivity contribution is 6.32. The lowest BCUT2D eigenvalue weighted by Crippen LogP contribution is -2.55. The van der Waals surface area contributed by atoms with Gasteiger partial charge in [-0.25, -0.2) is 9.97 Å². The van der Waals surface area contributed by atoms with Crippen molar-refractivity contribution in [2.24, 2.45) is 7.05 Å². The van der Waals surface area contributed by atoms with Crippen molar-refractivity contribution in [3.05, 3.63) is 82.8 Å². The number of ether oxygens (including phenoxy) is 2. The van der Waals surface area contributed by atoms with Crippen LogP contribution in [0.25, 0.3) is 22.6 Å². The molecule has 56 heavy (non-hydrogen) atoms. The van der Waals surface area contributed by atoms with Gasteiger partial charge in [-0.1, -0.05) is 23.7 Å². The maximum absolute atomic E-state index is 13.6. The molecule has 16 heteroatoms. The van der Waals surface area contributed by atoms with Crippen LogP contribution in [-0.2, 0) is 26.2 Å². The molecule has 0 bridgehead atoms. The Morgan fingerprint density at radius 3 is 2.54 bits per heavy atom. The summed E-state index contributed by atoms with van der Waals surface area (Å²) in [6.45, 7) is 6.88. The highest BCUT2D eigenvalue weighted by Crippen LogP contribution is 2.36. The third-order valence-electron chi connectivity index (χ3n) is 10.7. The summed E-state index contributed by atoms with van der Waals surface area (Å²) in [5, 5.41) is 7.12.